The van der Waals surface area contributed by atoms with Crippen LogP contribution in [0.25, 0.3) is 10.6 Å². The number of benzene rings is 1. The van der Waals surface area contributed by atoms with E-state index < -0.39 is 0 Å². The van der Waals surface area contributed by atoms with Crippen LogP contribution in [0.5, 0.6) is 11.5 Å². The first-order valence-electron chi connectivity index (χ1n) is 9.00. The lowest BCUT2D eigenvalue weighted by molar-refractivity contribution is 0.0489. The lowest BCUT2D eigenvalue weighted by atomic mass is 10.1. The normalized spacial score (nSPS) is 20.2. The molecule has 1 atom stereocenters. The Morgan fingerprint density at radius 3 is 2.88 bits per heavy atom. The van der Waals surface area contributed by atoms with Crippen molar-refractivity contribution in [1.29, 1.82) is 0 Å². The van der Waals surface area contributed by atoms with Gasteiger partial charge in [-0.05, 0) is 31.7 Å². The highest BCUT2D eigenvalue weighted by Crippen LogP contribution is 2.35. The summed E-state index contributed by atoms with van der Waals surface area (Å²) in [5.74, 6) is 1.53. The number of fused-ring (bicyclic) bond motifs is 1. The summed E-state index contributed by atoms with van der Waals surface area (Å²) in [5, 5.41) is 2.69. The molecule has 1 aromatic heterocycles. The standard InChI is InChI=1S/C19H23N3O3S/c1-3-14-11-21(2)6-7-22(14)19(23)15-12-26-18(20-15)13-4-5-16-17(10-13)25-9-8-24-16/h4-5,10,12,14H,3,6-9,11H2,1-2H3. The number of carbonyl (C=O) groups excluding carboxylic acids is 1. The average Bonchev–Trinajstić information content (AvgIpc) is 3.17. The fourth-order valence-electron chi connectivity index (χ4n) is 3.46. The van der Waals surface area contributed by atoms with E-state index in [0.717, 1.165) is 48.1 Å². The fourth-order valence-corrected chi connectivity index (χ4v) is 4.25. The SMILES string of the molecule is CCC1CN(C)CCN1C(=O)c1csc(-c2ccc3c(c2)OCCO3)n1. The number of amides is 1. The van der Waals surface area contributed by atoms with Gasteiger partial charge in [-0.1, -0.05) is 6.92 Å². The van der Waals surface area contributed by atoms with Crippen molar-refractivity contribution >= 4 is 17.2 Å². The van der Waals surface area contributed by atoms with Crippen LogP contribution in [-0.4, -0.2) is 66.6 Å². The summed E-state index contributed by atoms with van der Waals surface area (Å²) in [4.78, 5) is 21.8. The monoisotopic (exact) mass is 373 g/mol. The zero-order valence-electron chi connectivity index (χ0n) is 15.1. The van der Waals surface area contributed by atoms with Gasteiger partial charge in [0.25, 0.3) is 5.91 Å². The topological polar surface area (TPSA) is 54.9 Å². The molecule has 0 aliphatic carbocycles. The molecule has 1 unspecified atom stereocenters. The molecule has 2 aromatic rings. The molecule has 4 rings (SSSR count). The number of nitrogens with zero attached hydrogens (tertiary/aromatic N) is 3. The van der Waals surface area contributed by atoms with Gasteiger partial charge in [0.05, 0.1) is 0 Å². The number of ether oxygens (including phenoxy) is 2. The lowest BCUT2D eigenvalue weighted by Gasteiger charge is -2.39. The Hall–Kier alpha value is -2.12. The van der Waals surface area contributed by atoms with E-state index in [0.29, 0.717) is 18.9 Å². The number of likely N-dealkylation sites (N-methyl/N-ethyl adjacent to an activating group) is 1. The summed E-state index contributed by atoms with van der Waals surface area (Å²) in [7, 11) is 2.10. The first-order chi connectivity index (χ1) is 12.7. The third kappa shape index (κ3) is 3.29. The number of piperazine rings is 1. The molecule has 138 valence electrons. The van der Waals surface area contributed by atoms with Crippen molar-refractivity contribution < 1.29 is 14.3 Å². The number of thiazole rings is 1. The van der Waals surface area contributed by atoms with Crippen molar-refractivity contribution in [2.75, 3.05) is 39.9 Å². The van der Waals surface area contributed by atoms with Crippen LogP contribution in [0.15, 0.2) is 23.6 Å². The molecule has 3 heterocycles. The van der Waals surface area contributed by atoms with Crippen molar-refractivity contribution in [2.24, 2.45) is 0 Å². The van der Waals surface area contributed by atoms with Gasteiger partial charge >= 0.3 is 0 Å². The first-order valence-corrected chi connectivity index (χ1v) is 9.88. The molecule has 2 aliphatic rings. The van der Waals surface area contributed by atoms with Gasteiger partial charge in [0.1, 0.15) is 23.9 Å². The quantitative estimate of drug-likeness (QED) is 0.828. The molecule has 26 heavy (non-hydrogen) atoms. The van der Waals surface area contributed by atoms with Gasteiger partial charge < -0.3 is 19.3 Å². The molecule has 0 radical (unpaired) electrons. The number of hydrogen-bond donors (Lipinski definition) is 0. The molecule has 7 heteroatoms. The number of rotatable bonds is 3. The second kappa shape index (κ2) is 7.25. The van der Waals surface area contributed by atoms with Crippen molar-refractivity contribution in [3.8, 4) is 22.1 Å². The Labute approximate surface area is 157 Å². The zero-order valence-corrected chi connectivity index (χ0v) is 15.9. The van der Waals surface area contributed by atoms with E-state index in [1.165, 1.54) is 11.3 Å². The highest BCUT2D eigenvalue weighted by molar-refractivity contribution is 7.13. The molecular formula is C19H23N3O3S. The minimum absolute atomic E-state index is 0.0324. The maximum Gasteiger partial charge on any atom is 0.273 e. The lowest BCUT2D eigenvalue weighted by Crippen LogP contribution is -2.53. The molecule has 0 saturated carbocycles. The average molecular weight is 373 g/mol. The minimum Gasteiger partial charge on any atom is -0.486 e. The van der Waals surface area contributed by atoms with Gasteiger partial charge in [0, 0.05) is 36.6 Å². The van der Waals surface area contributed by atoms with E-state index in [9.17, 15) is 4.79 Å². The third-order valence-electron chi connectivity index (χ3n) is 4.93. The molecule has 0 spiro atoms. The number of carbonyl (C=O) groups is 1. The van der Waals surface area contributed by atoms with Gasteiger partial charge in [-0.3, -0.25) is 4.79 Å². The highest BCUT2D eigenvalue weighted by Gasteiger charge is 2.29. The highest BCUT2D eigenvalue weighted by atomic mass is 32.1. The summed E-state index contributed by atoms with van der Waals surface area (Å²) in [6.45, 7) is 5.84. The molecule has 2 aliphatic heterocycles. The third-order valence-corrected chi connectivity index (χ3v) is 5.82. The van der Waals surface area contributed by atoms with Gasteiger partial charge in [-0.15, -0.1) is 11.3 Å². The Kier molecular flexibility index (Phi) is 4.82. The van der Waals surface area contributed by atoms with Crippen LogP contribution in [-0.2, 0) is 0 Å². The molecular weight excluding hydrogens is 350 g/mol. The Morgan fingerprint density at radius 1 is 1.27 bits per heavy atom. The van der Waals surface area contributed by atoms with Crippen LogP contribution in [0.3, 0.4) is 0 Å². The number of hydrogen-bond acceptors (Lipinski definition) is 6. The van der Waals surface area contributed by atoms with Crippen LogP contribution in [0.1, 0.15) is 23.8 Å². The summed E-state index contributed by atoms with van der Waals surface area (Å²) >= 11 is 1.49. The van der Waals surface area contributed by atoms with Crippen molar-refractivity contribution in [3.05, 3.63) is 29.3 Å². The zero-order chi connectivity index (χ0) is 18.1. The van der Waals surface area contributed by atoms with Crippen LogP contribution < -0.4 is 9.47 Å². The van der Waals surface area contributed by atoms with Crippen molar-refractivity contribution in [3.63, 3.8) is 0 Å². The predicted octanol–water partition coefficient (Wildman–Crippen LogP) is 2.75. The molecule has 1 saturated heterocycles. The smallest absolute Gasteiger partial charge is 0.273 e. The van der Waals surface area contributed by atoms with Crippen LogP contribution in [0.2, 0.25) is 0 Å². The summed E-state index contributed by atoms with van der Waals surface area (Å²) < 4.78 is 11.2. The Balaban J connectivity index is 1.55. The molecule has 0 bridgehead atoms. The van der Waals surface area contributed by atoms with E-state index in [4.69, 9.17) is 9.47 Å². The van der Waals surface area contributed by atoms with E-state index in [-0.39, 0.29) is 11.9 Å². The maximum atomic E-state index is 13.0. The van der Waals surface area contributed by atoms with E-state index in [1.807, 2.05) is 28.5 Å². The maximum absolute atomic E-state index is 13.0. The molecule has 1 aromatic carbocycles. The molecule has 1 fully saturated rings. The van der Waals surface area contributed by atoms with E-state index in [2.05, 4.69) is 23.9 Å². The van der Waals surface area contributed by atoms with Crippen molar-refractivity contribution in [2.45, 2.75) is 19.4 Å². The second-order valence-electron chi connectivity index (χ2n) is 6.72. The second-order valence-corrected chi connectivity index (χ2v) is 7.58. The summed E-state index contributed by atoms with van der Waals surface area (Å²) in [6.07, 6.45) is 0.954. The Bertz CT molecular complexity index is 807. The first kappa shape index (κ1) is 17.3. The predicted molar refractivity (Wildman–Crippen MR) is 101 cm³/mol. The largest absolute Gasteiger partial charge is 0.486 e. The fraction of sp³-hybridized carbons (Fsp3) is 0.474. The minimum atomic E-state index is 0.0324. The van der Waals surface area contributed by atoms with Gasteiger partial charge in [-0.25, -0.2) is 4.98 Å². The molecule has 1 amide bonds. The van der Waals surface area contributed by atoms with Gasteiger partial charge in [0.15, 0.2) is 11.5 Å². The summed E-state index contributed by atoms with van der Waals surface area (Å²) in [6, 6.07) is 6.05. The van der Waals surface area contributed by atoms with Crippen LogP contribution in [0.4, 0.5) is 0 Å². The van der Waals surface area contributed by atoms with Crippen LogP contribution >= 0.6 is 11.3 Å². The summed E-state index contributed by atoms with van der Waals surface area (Å²) in [5.41, 5.74) is 1.48. The van der Waals surface area contributed by atoms with Gasteiger partial charge in [-0.2, -0.15) is 0 Å². The molecule has 6 nitrogen and oxygen atoms in total. The number of aromatic nitrogens is 1. The van der Waals surface area contributed by atoms with Crippen molar-refractivity contribution in [1.82, 2.24) is 14.8 Å². The van der Waals surface area contributed by atoms with E-state index >= 15 is 0 Å². The molecule has 0 N–H and O–H groups in total. The van der Waals surface area contributed by atoms with Crippen LogP contribution in [0, 0.1) is 0 Å². The Morgan fingerprint density at radius 2 is 2.08 bits per heavy atom. The van der Waals surface area contributed by atoms with E-state index in [1.54, 1.807) is 0 Å². The van der Waals surface area contributed by atoms with Gasteiger partial charge in [0.2, 0.25) is 0 Å².